The third-order valence-electron chi connectivity index (χ3n) is 2.13. The molecule has 0 heterocycles. The van der Waals surface area contributed by atoms with Gasteiger partial charge >= 0.3 is 11.9 Å². The van der Waals surface area contributed by atoms with Crippen LogP contribution in [-0.4, -0.2) is 40.2 Å². The van der Waals surface area contributed by atoms with Crippen LogP contribution in [-0.2, 0) is 9.59 Å². The monoisotopic (exact) mass is 288 g/mol. The van der Waals surface area contributed by atoms with Crippen molar-refractivity contribution in [3.63, 3.8) is 0 Å². The number of carboxylic acids is 2. The van der Waals surface area contributed by atoms with Gasteiger partial charge in [-0.15, -0.1) is 0 Å². The van der Waals surface area contributed by atoms with Crippen LogP contribution in [0.4, 0.5) is 11.4 Å². The van der Waals surface area contributed by atoms with Gasteiger partial charge in [-0.3, -0.25) is 19.7 Å². The van der Waals surface area contributed by atoms with Gasteiger partial charge in [0.2, 0.25) is 0 Å². The van der Waals surface area contributed by atoms with Crippen LogP contribution < -0.4 is 4.90 Å². The Bertz CT molecular complexity index is 517. The molecule has 1 rings (SSSR count). The minimum absolute atomic E-state index is 0.0982. The van der Waals surface area contributed by atoms with E-state index >= 15 is 0 Å². The Morgan fingerprint density at radius 1 is 1.26 bits per heavy atom. The summed E-state index contributed by atoms with van der Waals surface area (Å²) < 4.78 is 0. The number of nitro groups is 1. The van der Waals surface area contributed by atoms with Crippen LogP contribution in [0.3, 0.4) is 0 Å². The summed E-state index contributed by atoms with van der Waals surface area (Å²) in [4.78, 5) is 32.4. The lowest BCUT2D eigenvalue weighted by molar-refractivity contribution is -0.384. The Labute approximate surface area is 112 Å². The Morgan fingerprint density at radius 2 is 1.79 bits per heavy atom. The maximum atomic E-state index is 10.9. The number of benzene rings is 1. The van der Waals surface area contributed by atoms with E-state index in [9.17, 15) is 19.7 Å². The molecule has 0 radical (unpaired) electrons. The highest BCUT2D eigenvalue weighted by Crippen LogP contribution is 2.30. The van der Waals surface area contributed by atoms with Crippen molar-refractivity contribution in [3.05, 3.63) is 33.3 Å². The topological polar surface area (TPSA) is 121 Å². The number of halogens is 1. The first-order valence-electron chi connectivity index (χ1n) is 4.93. The van der Waals surface area contributed by atoms with Crippen molar-refractivity contribution in [2.75, 3.05) is 18.0 Å². The molecule has 19 heavy (non-hydrogen) atoms. The molecule has 1 aromatic rings. The molecular formula is C10H9ClN2O6. The first kappa shape index (κ1) is 14.7. The minimum Gasteiger partial charge on any atom is -0.480 e. The molecule has 0 atom stereocenters. The van der Waals surface area contributed by atoms with Crippen LogP contribution >= 0.6 is 11.6 Å². The molecule has 8 nitrogen and oxygen atoms in total. The highest BCUT2D eigenvalue weighted by molar-refractivity contribution is 6.30. The summed E-state index contributed by atoms with van der Waals surface area (Å²) in [5.41, 5.74) is -0.561. The highest BCUT2D eigenvalue weighted by Gasteiger charge is 2.23. The Morgan fingerprint density at radius 3 is 2.21 bits per heavy atom. The lowest BCUT2D eigenvalue weighted by atomic mass is 10.2. The predicted octanol–water partition coefficient (Wildman–Crippen LogP) is 1.22. The Kier molecular flexibility index (Phi) is 4.65. The lowest BCUT2D eigenvalue weighted by Gasteiger charge is -2.20. The second-order valence-corrected chi connectivity index (χ2v) is 3.97. The molecule has 0 saturated heterocycles. The van der Waals surface area contributed by atoms with E-state index in [-0.39, 0.29) is 10.7 Å². The van der Waals surface area contributed by atoms with E-state index in [1.807, 2.05) is 0 Å². The molecule has 0 unspecified atom stereocenters. The number of aliphatic carboxylic acids is 2. The maximum Gasteiger partial charge on any atom is 0.323 e. The van der Waals surface area contributed by atoms with Gasteiger partial charge in [-0.25, -0.2) is 0 Å². The standard InChI is InChI=1S/C10H9ClN2O6/c11-6-1-2-7(8(3-6)13(18)19)12(4-9(14)15)5-10(16)17/h1-3H,4-5H2,(H,14,15)(H,16,17). The smallest absolute Gasteiger partial charge is 0.323 e. The molecule has 2 N–H and O–H groups in total. The van der Waals surface area contributed by atoms with E-state index in [0.717, 1.165) is 11.0 Å². The predicted molar refractivity (Wildman–Crippen MR) is 65.6 cm³/mol. The third kappa shape index (κ3) is 4.11. The minimum atomic E-state index is -1.30. The first-order chi connectivity index (χ1) is 8.81. The number of nitrogens with zero attached hydrogens (tertiary/aromatic N) is 2. The molecule has 0 fully saturated rings. The fourth-order valence-electron chi connectivity index (χ4n) is 1.46. The fraction of sp³-hybridized carbons (Fsp3) is 0.200. The molecule has 9 heteroatoms. The van der Waals surface area contributed by atoms with E-state index in [1.165, 1.54) is 12.1 Å². The van der Waals surface area contributed by atoms with Gasteiger partial charge in [0.25, 0.3) is 5.69 Å². The van der Waals surface area contributed by atoms with Crippen LogP contribution in [0.2, 0.25) is 5.02 Å². The molecule has 0 aliphatic rings. The van der Waals surface area contributed by atoms with Crippen LogP contribution in [0.5, 0.6) is 0 Å². The third-order valence-corrected chi connectivity index (χ3v) is 2.36. The summed E-state index contributed by atoms with van der Waals surface area (Å²) >= 11 is 5.62. The molecule has 1 aromatic carbocycles. The summed E-state index contributed by atoms with van der Waals surface area (Å²) in [6, 6.07) is 3.57. The van der Waals surface area contributed by atoms with E-state index in [4.69, 9.17) is 21.8 Å². The van der Waals surface area contributed by atoms with Crippen LogP contribution in [0, 0.1) is 10.1 Å². The highest BCUT2D eigenvalue weighted by atomic mass is 35.5. The molecule has 0 aliphatic heterocycles. The molecule has 0 aliphatic carbocycles. The lowest BCUT2D eigenvalue weighted by Crippen LogP contribution is -2.34. The van der Waals surface area contributed by atoms with Crippen molar-refractivity contribution in [2.24, 2.45) is 0 Å². The van der Waals surface area contributed by atoms with Gasteiger partial charge in [-0.2, -0.15) is 0 Å². The van der Waals surface area contributed by atoms with Crippen molar-refractivity contribution >= 4 is 34.9 Å². The normalized spacial score (nSPS) is 9.95. The molecule has 0 saturated carbocycles. The largest absolute Gasteiger partial charge is 0.480 e. The van der Waals surface area contributed by atoms with Crippen molar-refractivity contribution in [1.82, 2.24) is 0 Å². The maximum absolute atomic E-state index is 10.9. The van der Waals surface area contributed by atoms with Gasteiger partial charge in [0, 0.05) is 11.1 Å². The van der Waals surface area contributed by atoms with Crippen molar-refractivity contribution < 1.29 is 24.7 Å². The zero-order chi connectivity index (χ0) is 14.6. The van der Waals surface area contributed by atoms with Crippen molar-refractivity contribution in [2.45, 2.75) is 0 Å². The summed E-state index contributed by atoms with van der Waals surface area (Å²) in [5, 5.41) is 28.4. The number of hydrogen-bond acceptors (Lipinski definition) is 5. The number of carbonyl (C=O) groups is 2. The average molecular weight is 289 g/mol. The second kappa shape index (κ2) is 6.01. The van der Waals surface area contributed by atoms with E-state index in [1.54, 1.807) is 0 Å². The van der Waals surface area contributed by atoms with Gasteiger partial charge in [0.1, 0.15) is 18.8 Å². The summed E-state index contributed by atoms with van der Waals surface area (Å²) in [7, 11) is 0. The van der Waals surface area contributed by atoms with Crippen LogP contribution in [0.15, 0.2) is 18.2 Å². The van der Waals surface area contributed by atoms with Crippen LogP contribution in [0.25, 0.3) is 0 Å². The number of carboxylic acid groups (broad SMARTS) is 2. The molecule has 0 bridgehead atoms. The van der Waals surface area contributed by atoms with E-state index in [0.29, 0.717) is 0 Å². The second-order valence-electron chi connectivity index (χ2n) is 3.53. The first-order valence-corrected chi connectivity index (χ1v) is 5.31. The molecular weight excluding hydrogens is 280 g/mol. The zero-order valence-electron chi connectivity index (χ0n) is 9.45. The number of rotatable bonds is 6. The summed E-state index contributed by atoms with van der Waals surface area (Å²) in [6.07, 6.45) is 0. The summed E-state index contributed by atoms with van der Waals surface area (Å²) in [5.74, 6) is -2.60. The van der Waals surface area contributed by atoms with Gasteiger partial charge in [0.15, 0.2) is 0 Å². The average Bonchev–Trinajstić information content (AvgIpc) is 2.26. The quantitative estimate of drug-likeness (QED) is 0.596. The molecule has 0 amide bonds. The molecule has 0 spiro atoms. The summed E-state index contributed by atoms with van der Waals surface area (Å²) in [6.45, 7) is -1.34. The Balaban J connectivity index is 3.24. The van der Waals surface area contributed by atoms with E-state index in [2.05, 4.69) is 0 Å². The number of hydrogen-bond donors (Lipinski definition) is 2. The van der Waals surface area contributed by atoms with Crippen molar-refractivity contribution in [1.29, 1.82) is 0 Å². The van der Waals surface area contributed by atoms with Gasteiger partial charge < -0.3 is 15.1 Å². The molecule has 102 valence electrons. The number of nitro benzene ring substituents is 1. The fourth-order valence-corrected chi connectivity index (χ4v) is 1.63. The number of anilines is 1. The Hall–Kier alpha value is -2.35. The van der Waals surface area contributed by atoms with Gasteiger partial charge in [-0.05, 0) is 12.1 Å². The van der Waals surface area contributed by atoms with Crippen molar-refractivity contribution in [3.8, 4) is 0 Å². The van der Waals surface area contributed by atoms with Crippen LogP contribution in [0.1, 0.15) is 0 Å². The molecule has 0 aromatic heterocycles. The zero-order valence-corrected chi connectivity index (χ0v) is 10.2. The SMILES string of the molecule is O=C(O)CN(CC(=O)O)c1ccc(Cl)cc1[N+](=O)[O-]. The van der Waals surface area contributed by atoms with E-state index < -0.39 is 35.6 Å². The van der Waals surface area contributed by atoms with Gasteiger partial charge in [-0.1, -0.05) is 11.6 Å². The van der Waals surface area contributed by atoms with Gasteiger partial charge in [0.05, 0.1) is 4.92 Å².